The fraction of sp³-hybridized carbons (Fsp3) is 0.962. The molecule has 0 aromatic carbocycles. The predicted octanol–water partition coefficient (Wildman–Crippen LogP) is 14.1. The van der Waals surface area contributed by atoms with E-state index in [0.717, 1.165) is 38.5 Å². The van der Waals surface area contributed by atoms with Crippen molar-refractivity contribution >= 4 is 27.6 Å². The van der Waals surface area contributed by atoms with Crippen LogP contribution in [0, 0.1) is 0 Å². The molecule has 0 heterocycles. The van der Waals surface area contributed by atoms with Gasteiger partial charge in [0.15, 0.2) is 0 Å². The minimum absolute atomic E-state index is 0.204. The number of carbonyl (C=O) groups is 2. The number of esters is 2. The third-order valence-corrected chi connectivity index (χ3v) is 14.5. The molecule has 0 bridgehead atoms. The summed E-state index contributed by atoms with van der Waals surface area (Å²) in [6.45, 7) is 0.513. The zero-order valence-corrected chi connectivity index (χ0v) is 46.3. The van der Waals surface area contributed by atoms with E-state index in [9.17, 15) is 43.8 Å². The van der Waals surface area contributed by atoms with E-state index in [1.54, 1.807) is 0 Å². The molecule has 5 N–H and O–H groups in total. The molecule has 15 nitrogen and oxygen atoms in total. The Morgan fingerprint density at radius 2 is 0.486 bits per heavy atom. The van der Waals surface area contributed by atoms with Gasteiger partial charge in [0.05, 0.1) is 26.4 Å². The van der Waals surface area contributed by atoms with Crippen LogP contribution in [-0.4, -0.2) is 95.0 Å². The van der Waals surface area contributed by atoms with Gasteiger partial charge in [0.1, 0.15) is 31.5 Å². The number of ether oxygens (including phenoxy) is 2. The lowest BCUT2D eigenvalue weighted by Gasteiger charge is -2.19. The second kappa shape index (κ2) is 50.2. The van der Waals surface area contributed by atoms with Gasteiger partial charge in [-0.1, -0.05) is 245 Å². The molecule has 70 heavy (non-hydrogen) atoms. The molecule has 17 heteroatoms. The first-order valence-corrected chi connectivity index (χ1v) is 31.4. The molecule has 0 aliphatic carbocycles. The van der Waals surface area contributed by atoms with Crippen molar-refractivity contribution in [2.75, 3.05) is 39.6 Å². The van der Waals surface area contributed by atoms with Crippen LogP contribution >= 0.6 is 15.6 Å². The normalized spacial score (nSPS) is 14.8. The number of hydrogen-bond acceptors (Lipinski definition) is 13. The summed E-state index contributed by atoms with van der Waals surface area (Å²) in [5.74, 6) is -0.978. The van der Waals surface area contributed by atoms with Crippen molar-refractivity contribution in [3.05, 3.63) is 0 Å². The molecule has 0 rings (SSSR count). The van der Waals surface area contributed by atoms with Crippen molar-refractivity contribution in [3.63, 3.8) is 0 Å². The highest BCUT2D eigenvalue weighted by atomic mass is 31.2. The molecule has 0 spiro atoms. The smallest absolute Gasteiger partial charge is 0.463 e. The molecule has 0 saturated carbocycles. The van der Waals surface area contributed by atoms with Gasteiger partial charge >= 0.3 is 27.6 Å². The van der Waals surface area contributed by atoms with Gasteiger partial charge in [0, 0.05) is 12.8 Å². The number of phosphoric acid groups is 2. The van der Waals surface area contributed by atoms with Crippen LogP contribution < -0.4 is 0 Å². The Morgan fingerprint density at radius 3 is 0.686 bits per heavy atom. The molecular weight excluding hydrogens is 939 g/mol. The van der Waals surface area contributed by atoms with Gasteiger partial charge in [0.2, 0.25) is 0 Å². The standard InChI is InChI=1S/C53H106O15P2/c1-3-5-7-9-11-13-15-17-19-21-23-25-27-29-31-33-35-37-39-41-52(57)63-43-49(54)45-65-69(59,60)67-47-51(56)48-68-70(61,62)66-46-50(55)44-64-53(58)42-40-38-36-34-32-30-28-26-24-22-20-18-16-14-12-10-8-6-4-2/h49-51,54-56H,3-48H2,1-2H3,(H,59,60)(H,61,62). The third kappa shape index (κ3) is 51.9. The predicted molar refractivity (Wildman–Crippen MR) is 279 cm³/mol. The summed E-state index contributed by atoms with van der Waals surface area (Å²) in [4.78, 5) is 43.9. The van der Waals surface area contributed by atoms with E-state index in [-0.39, 0.29) is 12.8 Å². The van der Waals surface area contributed by atoms with Crippen LogP contribution in [0.5, 0.6) is 0 Å². The van der Waals surface area contributed by atoms with E-state index in [1.165, 1.54) is 193 Å². The fourth-order valence-corrected chi connectivity index (χ4v) is 9.75. The lowest BCUT2D eigenvalue weighted by atomic mass is 10.0. The van der Waals surface area contributed by atoms with Gasteiger partial charge < -0.3 is 34.6 Å². The summed E-state index contributed by atoms with van der Waals surface area (Å²) in [5.41, 5.74) is 0. The van der Waals surface area contributed by atoms with Crippen LogP contribution in [0.15, 0.2) is 0 Å². The summed E-state index contributed by atoms with van der Waals surface area (Å²) in [5, 5.41) is 30.1. The molecule has 0 fully saturated rings. The molecule has 4 unspecified atom stereocenters. The number of hydrogen-bond donors (Lipinski definition) is 5. The van der Waals surface area contributed by atoms with Crippen LogP contribution in [-0.2, 0) is 46.3 Å². The molecule has 0 aliphatic heterocycles. The number of unbranched alkanes of at least 4 members (excludes halogenated alkanes) is 36. The highest BCUT2D eigenvalue weighted by Crippen LogP contribution is 2.45. The maximum Gasteiger partial charge on any atom is 0.472 e. The summed E-state index contributed by atoms with van der Waals surface area (Å²) in [6.07, 6.45) is 43.7. The highest BCUT2D eigenvalue weighted by Gasteiger charge is 2.28. The Hall–Kier alpha value is -0.960. The van der Waals surface area contributed by atoms with E-state index in [4.69, 9.17) is 18.5 Å². The second-order valence-electron chi connectivity index (χ2n) is 19.7. The fourth-order valence-electron chi connectivity index (χ4n) is 8.16. The Bertz CT molecular complexity index is 1170. The van der Waals surface area contributed by atoms with Crippen molar-refractivity contribution in [2.24, 2.45) is 0 Å². The largest absolute Gasteiger partial charge is 0.472 e. The Morgan fingerprint density at radius 1 is 0.314 bits per heavy atom. The molecule has 0 amide bonds. The Balaban J connectivity index is 3.78. The first-order chi connectivity index (χ1) is 33.8. The SMILES string of the molecule is CCCCCCCCCCCCCCCCCCCCCC(=O)OCC(O)COP(=O)(O)OCC(O)COP(=O)(O)OCC(O)COC(=O)CCCCCCCCCCCCCCCCCCCCC. The maximum absolute atomic E-state index is 12.2. The molecule has 0 aromatic heterocycles. The van der Waals surface area contributed by atoms with Gasteiger partial charge in [0.25, 0.3) is 0 Å². The quantitative estimate of drug-likeness (QED) is 0.0217. The first-order valence-electron chi connectivity index (χ1n) is 28.4. The van der Waals surface area contributed by atoms with Crippen LogP contribution in [0.1, 0.15) is 271 Å². The Kier molecular flexibility index (Phi) is 49.5. The van der Waals surface area contributed by atoms with E-state index in [1.807, 2.05) is 0 Å². The van der Waals surface area contributed by atoms with Gasteiger partial charge in [-0.2, -0.15) is 0 Å². The number of rotatable bonds is 56. The average molecular weight is 1050 g/mol. The van der Waals surface area contributed by atoms with Crippen molar-refractivity contribution < 1.29 is 71.4 Å². The molecule has 0 radical (unpaired) electrons. The number of aliphatic hydroxyl groups is 3. The lowest BCUT2D eigenvalue weighted by molar-refractivity contribution is -0.148. The minimum Gasteiger partial charge on any atom is -0.463 e. The van der Waals surface area contributed by atoms with Crippen molar-refractivity contribution in [1.29, 1.82) is 0 Å². The van der Waals surface area contributed by atoms with Crippen LogP contribution in [0.4, 0.5) is 0 Å². The van der Waals surface area contributed by atoms with Gasteiger partial charge in [-0.3, -0.25) is 27.7 Å². The highest BCUT2D eigenvalue weighted by molar-refractivity contribution is 7.47. The van der Waals surface area contributed by atoms with Crippen molar-refractivity contribution in [3.8, 4) is 0 Å². The molecule has 0 saturated heterocycles. The Labute approximate surface area is 426 Å². The zero-order valence-electron chi connectivity index (χ0n) is 44.5. The van der Waals surface area contributed by atoms with Crippen LogP contribution in [0.25, 0.3) is 0 Å². The molecular formula is C53H106O15P2. The summed E-state index contributed by atoms with van der Waals surface area (Å²) in [7, 11) is -9.57. The summed E-state index contributed by atoms with van der Waals surface area (Å²) in [6, 6.07) is 0. The topological polar surface area (TPSA) is 225 Å². The monoisotopic (exact) mass is 1040 g/mol. The minimum atomic E-state index is -4.78. The van der Waals surface area contributed by atoms with E-state index >= 15 is 0 Å². The molecule has 0 aliphatic rings. The number of aliphatic hydroxyl groups excluding tert-OH is 3. The average Bonchev–Trinajstić information content (AvgIpc) is 3.34. The van der Waals surface area contributed by atoms with Crippen LogP contribution in [0.3, 0.4) is 0 Å². The molecule has 418 valence electrons. The second-order valence-corrected chi connectivity index (χ2v) is 22.6. The summed E-state index contributed by atoms with van der Waals surface area (Å²) >= 11 is 0. The van der Waals surface area contributed by atoms with Crippen molar-refractivity contribution in [2.45, 2.75) is 289 Å². The lowest BCUT2D eigenvalue weighted by Crippen LogP contribution is -2.25. The molecule has 0 aromatic rings. The number of carbonyl (C=O) groups excluding carboxylic acids is 2. The van der Waals surface area contributed by atoms with E-state index in [0.29, 0.717) is 12.8 Å². The summed E-state index contributed by atoms with van der Waals surface area (Å²) < 4.78 is 53.2. The zero-order chi connectivity index (χ0) is 51.7. The van der Waals surface area contributed by atoms with Crippen molar-refractivity contribution in [1.82, 2.24) is 0 Å². The first kappa shape index (κ1) is 69.0. The van der Waals surface area contributed by atoms with Crippen LogP contribution in [0.2, 0.25) is 0 Å². The van der Waals surface area contributed by atoms with E-state index in [2.05, 4.69) is 22.9 Å². The number of phosphoric ester groups is 2. The van der Waals surface area contributed by atoms with E-state index < -0.39 is 85.5 Å². The van der Waals surface area contributed by atoms with Gasteiger partial charge in [-0.05, 0) is 12.8 Å². The van der Waals surface area contributed by atoms with Gasteiger partial charge in [-0.15, -0.1) is 0 Å². The van der Waals surface area contributed by atoms with Gasteiger partial charge in [-0.25, -0.2) is 9.13 Å². The third-order valence-electron chi connectivity index (χ3n) is 12.6. The maximum atomic E-state index is 12.2. The molecule has 4 atom stereocenters.